The maximum atomic E-state index is 11.7. The Morgan fingerprint density at radius 2 is 1.38 bits per heavy atom. The van der Waals surface area contributed by atoms with Gasteiger partial charge < -0.3 is 0 Å². The maximum absolute atomic E-state index is 11.7. The van der Waals surface area contributed by atoms with Crippen LogP contribution in [0, 0.1) is 0 Å². The summed E-state index contributed by atoms with van der Waals surface area (Å²) in [6.07, 6.45) is 7.26. The van der Waals surface area contributed by atoms with Gasteiger partial charge in [-0.2, -0.15) is 16.8 Å². The Morgan fingerprint density at radius 3 is 1.86 bits per heavy atom. The van der Waals surface area contributed by atoms with Crippen molar-refractivity contribution >= 4 is 20.2 Å². The Kier molecular flexibility index (Phi) is 10.1. The van der Waals surface area contributed by atoms with Gasteiger partial charge in [0.05, 0.1) is 24.5 Å². The van der Waals surface area contributed by atoms with Crippen LogP contribution in [0.1, 0.15) is 58.3 Å². The van der Waals surface area contributed by atoms with Gasteiger partial charge in [-0.25, -0.2) is 0 Å². The lowest BCUT2D eigenvalue weighted by Crippen LogP contribution is -2.09. The SMILES string of the molecule is CCCCCCCCC/C(=C/S(=O)(=O)OC)S(=O)(=O)OC. The zero-order valence-electron chi connectivity index (χ0n) is 13.0. The van der Waals surface area contributed by atoms with Crippen LogP contribution in [0.25, 0.3) is 0 Å². The van der Waals surface area contributed by atoms with E-state index in [1.165, 1.54) is 19.3 Å². The molecule has 0 aliphatic heterocycles. The first-order valence-electron chi connectivity index (χ1n) is 7.11. The Labute approximate surface area is 128 Å². The van der Waals surface area contributed by atoms with Gasteiger partial charge in [0.2, 0.25) is 0 Å². The largest absolute Gasteiger partial charge is 0.293 e. The Hall–Kier alpha value is -0.440. The molecule has 0 spiro atoms. The summed E-state index contributed by atoms with van der Waals surface area (Å²) in [5.41, 5.74) is 0. The highest BCUT2D eigenvalue weighted by atomic mass is 32.2. The van der Waals surface area contributed by atoms with Crippen molar-refractivity contribution < 1.29 is 25.2 Å². The van der Waals surface area contributed by atoms with Crippen LogP contribution in [0.3, 0.4) is 0 Å². The van der Waals surface area contributed by atoms with Crippen molar-refractivity contribution in [2.24, 2.45) is 0 Å². The molecule has 0 aromatic heterocycles. The third kappa shape index (κ3) is 9.23. The summed E-state index contributed by atoms with van der Waals surface area (Å²) >= 11 is 0. The number of allylic oxidation sites excluding steroid dienone is 1. The molecule has 126 valence electrons. The molecule has 0 saturated heterocycles. The Morgan fingerprint density at radius 1 is 0.857 bits per heavy atom. The van der Waals surface area contributed by atoms with E-state index in [1.807, 2.05) is 0 Å². The van der Waals surface area contributed by atoms with Crippen molar-refractivity contribution in [3.63, 3.8) is 0 Å². The molecule has 0 N–H and O–H groups in total. The van der Waals surface area contributed by atoms with E-state index in [-0.39, 0.29) is 11.3 Å². The highest BCUT2D eigenvalue weighted by Gasteiger charge is 2.20. The van der Waals surface area contributed by atoms with Gasteiger partial charge in [-0.3, -0.25) is 8.37 Å². The van der Waals surface area contributed by atoms with Crippen LogP contribution in [-0.2, 0) is 28.6 Å². The van der Waals surface area contributed by atoms with Gasteiger partial charge in [0.1, 0.15) is 0 Å². The van der Waals surface area contributed by atoms with Gasteiger partial charge in [-0.1, -0.05) is 45.4 Å². The molecule has 0 saturated carbocycles. The second-order valence-corrected chi connectivity index (χ2v) is 8.06. The van der Waals surface area contributed by atoms with E-state index in [4.69, 9.17) is 0 Å². The molecule has 0 fully saturated rings. The molecule has 0 heterocycles. The van der Waals surface area contributed by atoms with Crippen molar-refractivity contribution in [3.05, 3.63) is 10.3 Å². The van der Waals surface area contributed by atoms with Gasteiger partial charge >= 0.3 is 0 Å². The van der Waals surface area contributed by atoms with E-state index in [9.17, 15) is 16.8 Å². The molecule has 0 atom stereocenters. The van der Waals surface area contributed by atoms with Gasteiger partial charge in [-0.15, -0.1) is 0 Å². The minimum atomic E-state index is -4.00. The summed E-state index contributed by atoms with van der Waals surface area (Å²) in [5.74, 6) is 0. The van der Waals surface area contributed by atoms with Gasteiger partial charge in [-0.05, 0) is 12.8 Å². The lowest BCUT2D eigenvalue weighted by Gasteiger charge is -2.07. The fourth-order valence-electron chi connectivity index (χ4n) is 1.82. The molecule has 0 aromatic carbocycles. The first-order chi connectivity index (χ1) is 9.79. The molecule has 21 heavy (non-hydrogen) atoms. The van der Waals surface area contributed by atoms with Crippen LogP contribution >= 0.6 is 0 Å². The van der Waals surface area contributed by atoms with E-state index in [2.05, 4.69) is 15.3 Å². The van der Waals surface area contributed by atoms with E-state index in [0.717, 1.165) is 33.5 Å². The summed E-state index contributed by atoms with van der Waals surface area (Å²) < 4.78 is 54.7. The van der Waals surface area contributed by atoms with E-state index in [0.29, 0.717) is 11.8 Å². The summed E-state index contributed by atoms with van der Waals surface area (Å²) in [4.78, 5) is -0.264. The molecule has 0 radical (unpaired) electrons. The highest BCUT2D eigenvalue weighted by molar-refractivity contribution is 7.93. The molecule has 0 unspecified atom stereocenters. The number of hydrogen-bond acceptors (Lipinski definition) is 6. The monoisotopic (exact) mass is 342 g/mol. The first-order valence-corrected chi connectivity index (χ1v) is 9.99. The zero-order valence-corrected chi connectivity index (χ0v) is 14.6. The molecular weight excluding hydrogens is 316 g/mol. The van der Waals surface area contributed by atoms with Crippen LogP contribution in [0.2, 0.25) is 0 Å². The summed E-state index contributed by atoms with van der Waals surface area (Å²) in [7, 11) is -6.00. The van der Waals surface area contributed by atoms with Crippen molar-refractivity contribution in [2.75, 3.05) is 14.2 Å². The van der Waals surface area contributed by atoms with Crippen LogP contribution in [0.5, 0.6) is 0 Å². The molecule has 0 aromatic rings. The summed E-state index contributed by atoms with van der Waals surface area (Å²) in [5, 5.41) is 0.628. The molecule has 0 rings (SSSR count). The molecule has 8 heteroatoms. The molecule has 0 bridgehead atoms. The molecule has 0 aliphatic rings. The third-order valence-corrected chi connectivity index (χ3v) is 5.67. The average Bonchev–Trinajstić information content (AvgIpc) is 2.45. The molecular formula is C13H26O6S2. The minimum absolute atomic E-state index is 0.131. The number of hydrogen-bond donors (Lipinski definition) is 0. The van der Waals surface area contributed by atoms with Gasteiger partial charge in [0, 0.05) is 0 Å². The predicted molar refractivity (Wildman–Crippen MR) is 82.6 cm³/mol. The zero-order chi connectivity index (χ0) is 16.4. The second-order valence-electron chi connectivity index (χ2n) is 4.74. The maximum Gasteiger partial charge on any atom is 0.293 e. The lowest BCUT2D eigenvalue weighted by atomic mass is 10.1. The van der Waals surface area contributed by atoms with Crippen LogP contribution < -0.4 is 0 Å². The Bertz CT molecular complexity index is 505. The van der Waals surface area contributed by atoms with Crippen molar-refractivity contribution in [2.45, 2.75) is 58.3 Å². The number of unbranched alkanes of at least 4 members (excludes halogenated alkanes) is 6. The molecule has 0 amide bonds. The van der Waals surface area contributed by atoms with Gasteiger partial charge in [0.25, 0.3) is 20.2 Å². The summed E-state index contributed by atoms with van der Waals surface area (Å²) in [6, 6.07) is 0. The Balaban J connectivity index is 4.53. The fourth-order valence-corrected chi connectivity index (χ4v) is 3.78. The third-order valence-electron chi connectivity index (χ3n) is 3.08. The quantitative estimate of drug-likeness (QED) is 0.400. The predicted octanol–water partition coefficient (Wildman–Crippen LogP) is 2.92. The van der Waals surface area contributed by atoms with Crippen LogP contribution in [0.15, 0.2) is 10.3 Å². The minimum Gasteiger partial charge on any atom is -0.270 e. The standard InChI is InChI=1S/C13H26O6S2/c1-4-5-6-7-8-9-10-11-13(21(16,17)19-3)12-20(14,15)18-2/h12H,4-11H2,1-3H3/b13-12-. The van der Waals surface area contributed by atoms with E-state index >= 15 is 0 Å². The van der Waals surface area contributed by atoms with Gasteiger partial charge in [0.15, 0.2) is 0 Å². The van der Waals surface area contributed by atoms with Crippen molar-refractivity contribution in [1.29, 1.82) is 0 Å². The van der Waals surface area contributed by atoms with E-state index < -0.39 is 20.2 Å². The van der Waals surface area contributed by atoms with Crippen molar-refractivity contribution in [3.8, 4) is 0 Å². The molecule has 0 aliphatic carbocycles. The van der Waals surface area contributed by atoms with Crippen LogP contribution in [-0.4, -0.2) is 31.1 Å². The highest BCUT2D eigenvalue weighted by Crippen LogP contribution is 2.19. The second kappa shape index (κ2) is 10.3. The van der Waals surface area contributed by atoms with Crippen LogP contribution in [0.4, 0.5) is 0 Å². The smallest absolute Gasteiger partial charge is 0.270 e. The number of rotatable bonds is 12. The summed E-state index contributed by atoms with van der Waals surface area (Å²) in [6.45, 7) is 2.14. The lowest BCUT2D eigenvalue weighted by molar-refractivity contribution is 0.399. The topological polar surface area (TPSA) is 86.7 Å². The fraction of sp³-hybridized carbons (Fsp3) is 0.846. The normalized spacial score (nSPS) is 13.6. The first kappa shape index (κ1) is 20.6. The van der Waals surface area contributed by atoms with Crippen molar-refractivity contribution in [1.82, 2.24) is 0 Å². The average molecular weight is 342 g/mol. The molecule has 6 nitrogen and oxygen atoms in total. The van der Waals surface area contributed by atoms with E-state index in [1.54, 1.807) is 0 Å².